The minimum Gasteiger partial charge on any atom is -0.444 e. The molecule has 0 N–H and O–H groups in total. The predicted molar refractivity (Wildman–Crippen MR) is 81.8 cm³/mol. The van der Waals surface area contributed by atoms with E-state index in [4.69, 9.17) is 10.00 Å². The van der Waals surface area contributed by atoms with Crippen LogP contribution in [-0.2, 0) is 9.53 Å². The summed E-state index contributed by atoms with van der Waals surface area (Å²) in [4.78, 5) is 29.0. The molecule has 22 heavy (non-hydrogen) atoms. The van der Waals surface area contributed by atoms with Crippen molar-refractivity contribution in [1.82, 2.24) is 14.7 Å². The highest BCUT2D eigenvalue weighted by Gasteiger charge is 2.28. The minimum absolute atomic E-state index is 0.0933. The minimum atomic E-state index is -0.535. The molecule has 1 heterocycles. The van der Waals surface area contributed by atoms with Gasteiger partial charge in [0.25, 0.3) is 5.91 Å². The zero-order valence-electron chi connectivity index (χ0n) is 13.9. The van der Waals surface area contributed by atoms with Gasteiger partial charge in [-0.1, -0.05) is 0 Å². The van der Waals surface area contributed by atoms with Crippen LogP contribution in [0, 0.1) is 11.3 Å². The van der Waals surface area contributed by atoms with Gasteiger partial charge in [-0.2, -0.15) is 5.26 Å². The maximum absolute atomic E-state index is 12.2. The van der Waals surface area contributed by atoms with Crippen LogP contribution in [0.1, 0.15) is 20.8 Å². The van der Waals surface area contributed by atoms with Gasteiger partial charge in [-0.25, -0.2) is 4.79 Å². The third kappa shape index (κ3) is 5.28. The fraction of sp³-hybridized carbons (Fsp3) is 0.667. The van der Waals surface area contributed by atoms with E-state index in [1.165, 1.54) is 6.20 Å². The summed E-state index contributed by atoms with van der Waals surface area (Å²) in [6, 6.07) is 1.92. The Hall–Kier alpha value is -2.23. The smallest absolute Gasteiger partial charge is 0.410 e. The third-order valence-corrected chi connectivity index (χ3v) is 2.96. The van der Waals surface area contributed by atoms with Crippen molar-refractivity contribution in [3.63, 3.8) is 0 Å². The highest BCUT2D eigenvalue weighted by molar-refractivity contribution is 5.97. The van der Waals surface area contributed by atoms with Gasteiger partial charge in [-0.05, 0) is 20.8 Å². The highest BCUT2D eigenvalue weighted by Crippen LogP contribution is 2.13. The largest absolute Gasteiger partial charge is 0.444 e. The maximum Gasteiger partial charge on any atom is 0.410 e. The van der Waals surface area contributed by atoms with Gasteiger partial charge in [0.1, 0.15) is 17.2 Å². The topological polar surface area (TPSA) is 76.9 Å². The Morgan fingerprint density at radius 2 is 1.64 bits per heavy atom. The normalized spacial score (nSPS) is 16.1. The summed E-state index contributed by atoms with van der Waals surface area (Å²) in [5, 5.41) is 9.07. The summed E-state index contributed by atoms with van der Waals surface area (Å²) in [5.74, 6) is -0.306. The number of amides is 2. The number of carbonyl (C=O) groups excluding carboxylic acids is 2. The second-order valence-corrected chi connectivity index (χ2v) is 6.38. The summed E-state index contributed by atoms with van der Waals surface area (Å²) in [5.41, 5.74) is -0.442. The summed E-state index contributed by atoms with van der Waals surface area (Å²) in [6.45, 7) is 7.04. The lowest BCUT2D eigenvalue weighted by Gasteiger charge is -2.35. The second-order valence-electron chi connectivity index (χ2n) is 6.38. The summed E-state index contributed by atoms with van der Waals surface area (Å²) in [6.07, 6.45) is 1.13. The van der Waals surface area contributed by atoms with Gasteiger partial charge in [0.05, 0.1) is 0 Å². The van der Waals surface area contributed by atoms with Crippen LogP contribution in [0.5, 0.6) is 0 Å². The van der Waals surface area contributed by atoms with Crippen molar-refractivity contribution < 1.29 is 14.3 Å². The molecule has 0 aromatic heterocycles. The molecule has 0 spiro atoms. The fourth-order valence-corrected chi connectivity index (χ4v) is 1.98. The van der Waals surface area contributed by atoms with Crippen LogP contribution in [0.25, 0.3) is 0 Å². The summed E-state index contributed by atoms with van der Waals surface area (Å²) in [7, 11) is 3.51. The molecule has 0 atom stereocenters. The Morgan fingerprint density at radius 3 is 2.05 bits per heavy atom. The second kappa shape index (κ2) is 7.16. The van der Waals surface area contributed by atoms with E-state index in [2.05, 4.69) is 0 Å². The van der Waals surface area contributed by atoms with E-state index in [0.717, 1.165) is 0 Å². The lowest BCUT2D eigenvalue weighted by Crippen LogP contribution is -2.51. The van der Waals surface area contributed by atoms with Gasteiger partial charge < -0.3 is 19.4 Å². The van der Waals surface area contributed by atoms with Crippen molar-refractivity contribution in [1.29, 1.82) is 5.26 Å². The zero-order valence-corrected chi connectivity index (χ0v) is 13.9. The van der Waals surface area contributed by atoms with E-state index in [-0.39, 0.29) is 17.6 Å². The van der Waals surface area contributed by atoms with Gasteiger partial charge >= 0.3 is 6.09 Å². The molecule has 2 amide bonds. The number of piperazine rings is 1. The average molecular weight is 308 g/mol. The lowest BCUT2D eigenvalue weighted by molar-refractivity contribution is -0.128. The van der Waals surface area contributed by atoms with Crippen molar-refractivity contribution in [2.45, 2.75) is 26.4 Å². The van der Waals surface area contributed by atoms with Crippen molar-refractivity contribution in [3.8, 4) is 6.07 Å². The van der Waals surface area contributed by atoms with Gasteiger partial charge in [-0.3, -0.25) is 4.79 Å². The molecular formula is C15H24N4O3. The molecule has 0 bridgehead atoms. The Bertz CT molecular complexity index is 492. The predicted octanol–water partition coefficient (Wildman–Crippen LogP) is 1.03. The van der Waals surface area contributed by atoms with Crippen LogP contribution >= 0.6 is 0 Å². The van der Waals surface area contributed by atoms with E-state index in [0.29, 0.717) is 26.2 Å². The maximum atomic E-state index is 12.2. The fourth-order valence-electron chi connectivity index (χ4n) is 1.98. The van der Waals surface area contributed by atoms with Gasteiger partial charge in [0.15, 0.2) is 0 Å². The van der Waals surface area contributed by atoms with Gasteiger partial charge in [0.2, 0.25) is 0 Å². The molecule has 1 rings (SSSR count). The molecule has 0 aliphatic carbocycles. The molecule has 7 nitrogen and oxygen atoms in total. The monoisotopic (exact) mass is 308 g/mol. The summed E-state index contributed by atoms with van der Waals surface area (Å²) < 4.78 is 5.31. The average Bonchev–Trinajstić information content (AvgIpc) is 2.42. The van der Waals surface area contributed by atoms with Crippen LogP contribution in [0.2, 0.25) is 0 Å². The first kappa shape index (κ1) is 17.8. The van der Waals surface area contributed by atoms with E-state index in [9.17, 15) is 9.59 Å². The molecule has 0 radical (unpaired) electrons. The Balaban J connectivity index is 2.60. The van der Waals surface area contributed by atoms with Gasteiger partial charge in [-0.15, -0.1) is 0 Å². The number of nitriles is 1. The molecule has 1 saturated heterocycles. The zero-order chi connectivity index (χ0) is 16.9. The van der Waals surface area contributed by atoms with E-state index >= 15 is 0 Å². The number of ether oxygens (including phenoxy) is 1. The number of hydrogen-bond donors (Lipinski definition) is 0. The molecule has 0 aromatic carbocycles. The SMILES string of the molecule is CN(C)C=C(C#N)C(=O)N1CCN(C(=O)OC(C)(C)C)CC1. The molecule has 1 aliphatic rings. The quantitative estimate of drug-likeness (QED) is 0.562. The van der Waals surface area contributed by atoms with Crippen LogP contribution < -0.4 is 0 Å². The van der Waals surface area contributed by atoms with Crippen LogP contribution in [0.4, 0.5) is 4.79 Å². The third-order valence-electron chi connectivity index (χ3n) is 2.96. The number of carbonyl (C=O) groups is 2. The molecule has 7 heteroatoms. The molecule has 122 valence electrons. The highest BCUT2D eigenvalue weighted by atomic mass is 16.6. The first-order valence-electron chi connectivity index (χ1n) is 7.19. The van der Waals surface area contributed by atoms with Crippen molar-refractivity contribution in [3.05, 3.63) is 11.8 Å². The van der Waals surface area contributed by atoms with E-state index in [1.807, 2.05) is 26.8 Å². The van der Waals surface area contributed by atoms with Crippen LogP contribution in [-0.4, -0.2) is 72.6 Å². The Morgan fingerprint density at radius 1 is 1.14 bits per heavy atom. The van der Waals surface area contributed by atoms with Gasteiger partial charge in [0, 0.05) is 46.5 Å². The van der Waals surface area contributed by atoms with E-state index in [1.54, 1.807) is 28.8 Å². The number of hydrogen-bond acceptors (Lipinski definition) is 5. The van der Waals surface area contributed by atoms with Crippen LogP contribution in [0.15, 0.2) is 11.8 Å². The first-order chi connectivity index (χ1) is 10.1. The molecular weight excluding hydrogens is 284 g/mol. The number of rotatable bonds is 2. The van der Waals surface area contributed by atoms with Crippen molar-refractivity contribution in [2.75, 3.05) is 40.3 Å². The van der Waals surface area contributed by atoms with Crippen molar-refractivity contribution in [2.24, 2.45) is 0 Å². The Labute approximate surface area is 131 Å². The molecule has 0 unspecified atom stereocenters. The van der Waals surface area contributed by atoms with E-state index < -0.39 is 5.60 Å². The molecule has 1 aliphatic heterocycles. The molecule has 0 aromatic rings. The van der Waals surface area contributed by atoms with Crippen LogP contribution in [0.3, 0.4) is 0 Å². The Kier molecular flexibility index (Phi) is 5.80. The molecule has 0 saturated carbocycles. The number of nitrogens with zero attached hydrogens (tertiary/aromatic N) is 4. The summed E-state index contributed by atoms with van der Waals surface area (Å²) >= 11 is 0. The molecule has 1 fully saturated rings. The lowest BCUT2D eigenvalue weighted by atomic mass is 10.2. The van der Waals surface area contributed by atoms with Crippen molar-refractivity contribution >= 4 is 12.0 Å². The first-order valence-corrected chi connectivity index (χ1v) is 7.19. The standard InChI is InChI=1S/C15H24N4O3/c1-15(2,3)22-14(21)19-8-6-18(7-9-19)13(20)12(10-16)11-17(4)5/h11H,6-9H2,1-5H3.